The Bertz CT molecular complexity index is 1260. The molecule has 3 rings (SSSR count). The highest BCUT2D eigenvalue weighted by Crippen LogP contribution is 2.17. The van der Waals surface area contributed by atoms with E-state index in [1.165, 1.54) is 27.5 Å². The van der Waals surface area contributed by atoms with Crippen molar-refractivity contribution in [2.75, 3.05) is 19.8 Å². The molecule has 0 aliphatic rings. The van der Waals surface area contributed by atoms with Gasteiger partial charge in [0.1, 0.15) is 6.61 Å². The normalized spacial score (nSPS) is 12.6. The van der Waals surface area contributed by atoms with Gasteiger partial charge >= 0.3 is 11.9 Å². The molecule has 220 valence electrons. The van der Waals surface area contributed by atoms with Crippen LogP contribution in [0.25, 0.3) is 10.8 Å². The van der Waals surface area contributed by atoms with Crippen molar-refractivity contribution in [2.45, 2.75) is 70.5 Å². The van der Waals surface area contributed by atoms with Crippen LogP contribution in [0.5, 0.6) is 0 Å². The van der Waals surface area contributed by atoms with E-state index >= 15 is 0 Å². The lowest BCUT2D eigenvalue weighted by atomic mass is 10.0. The van der Waals surface area contributed by atoms with Gasteiger partial charge in [-0.3, -0.25) is 4.79 Å². The van der Waals surface area contributed by atoms with E-state index in [2.05, 4.69) is 66.8 Å². The lowest BCUT2D eigenvalue weighted by Gasteiger charge is -2.23. The highest BCUT2D eigenvalue weighted by atomic mass is 16.6. The van der Waals surface area contributed by atoms with Crippen LogP contribution in [0.3, 0.4) is 0 Å². The molecule has 2 unspecified atom stereocenters. The predicted octanol–water partition coefficient (Wildman–Crippen LogP) is 5.33. The van der Waals surface area contributed by atoms with Crippen molar-refractivity contribution in [1.82, 2.24) is 5.32 Å². The van der Waals surface area contributed by atoms with Gasteiger partial charge in [0.25, 0.3) is 5.91 Å². The summed E-state index contributed by atoms with van der Waals surface area (Å²) in [6.07, 6.45) is 3.66. The number of carboxylic acids is 2. The summed E-state index contributed by atoms with van der Waals surface area (Å²) >= 11 is 0. The number of carboxylic acid groups (broad SMARTS) is 2. The van der Waals surface area contributed by atoms with Gasteiger partial charge < -0.3 is 25.0 Å². The SMILES string of the molecule is Cc1ccc(CCCCCNC(=O)C(OCCCCCc2ccc3ccccc3c2)C(OCC(=O)O)C(=O)O)cc1. The van der Waals surface area contributed by atoms with Gasteiger partial charge in [-0.1, -0.05) is 85.1 Å². The molecule has 0 heterocycles. The number of carbonyl (C=O) groups excluding carboxylic acids is 1. The van der Waals surface area contributed by atoms with E-state index in [4.69, 9.17) is 14.6 Å². The number of carbonyl (C=O) groups is 3. The molecule has 0 aliphatic heterocycles. The second-order valence-corrected chi connectivity index (χ2v) is 10.3. The Morgan fingerprint density at radius 1 is 0.732 bits per heavy atom. The van der Waals surface area contributed by atoms with Crippen LogP contribution in [0.15, 0.2) is 66.7 Å². The first-order valence-electron chi connectivity index (χ1n) is 14.3. The summed E-state index contributed by atoms with van der Waals surface area (Å²) in [4.78, 5) is 35.7. The standard InChI is InChI=1S/C33H41NO7/c1-24-14-16-25(17-15-24)10-4-2-8-20-34-32(37)30(31(33(38)39)41-23-29(35)36)40-21-9-3-5-11-26-18-19-27-12-6-7-13-28(27)22-26/h6-7,12-19,22,30-31H,2-5,8-11,20-21,23H2,1H3,(H,34,37)(H,35,36)(H,38,39). The first-order chi connectivity index (χ1) is 19.8. The third kappa shape index (κ3) is 11.3. The van der Waals surface area contributed by atoms with E-state index in [0.717, 1.165) is 44.9 Å². The quantitative estimate of drug-likeness (QED) is 0.169. The van der Waals surface area contributed by atoms with E-state index in [0.29, 0.717) is 13.0 Å². The van der Waals surface area contributed by atoms with Crippen LogP contribution in [0.2, 0.25) is 0 Å². The third-order valence-electron chi connectivity index (χ3n) is 6.95. The lowest BCUT2D eigenvalue weighted by molar-refractivity contribution is -0.172. The minimum atomic E-state index is -1.72. The molecular weight excluding hydrogens is 522 g/mol. The van der Waals surface area contributed by atoms with E-state index in [9.17, 15) is 19.5 Å². The Labute approximate surface area is 241 Å². The fourth-order valence-corrected chi connectivity index (χ4v) is 4.66. The van der Waals surface area contributed by atoms with Crippen molar-refractivity contribution in [2.24, 2.45) is 0 Å². The Balaban J connectivity index is 1.43. The van der Waals surface area contributed by atoms with Crippen LogP contribution in [0.1, 0.15) is 55.2 Å². The number of hydrogen-bond donors (Lipinski definition) is 3. The van der Waals surface area contributed by atoms with Gasteiger partial charge in [0.05, 0.1) is 0 Å². The van der Waals surface area contributed by atoms with E-state index in [-0.39, 0.29) is 6.61 Å². The fraction of sp³-hybridized carbons (Fsp3) is 0.424. The third-order valence-corrected chi connectivity index (χ3v) is 6.95. The highest BCUT2D eigenvalue weighted by Gasteiger charge is 2.36. The summed E-state index contributed by atoms with van der Waals surface area (Å²) in [5.74, 6) is -3.38. The van der Waals surface area contributed by atoms with Crippen LogP contribution in [-0.4, -0.2) is 60.0 Å². The van der Waals surface area contributed by atoms with Crippen molar-refractivity contribution in [3.8, 4) is 0 Å². The monoisotopic (exact) mass is 563 g/mol. The minimum Gasteiger partial charge on any atom is -0.480 e. The maximum atomic E-state index is 12.9. The van der Waals surface area contributed by atoms with Gasteiger partial charge in [-0.15, -0.1) is 0 Å². The first kappa shape index (κ1) is 31.8. The molecule has 0 fully saturated rings. The van der Waals surface area contributed by atoms with Crippen LogP contribution < -0.4 is 5.32 Å². The molecular formula is C33H41NO7. The molecule has 0 aromatic heterocycles. The number of rotatable bonds is 19. The van der Waals surface area contributed by atoms with Crippen LogP contribution in [-0.2, 0) is 36.7 Å². The van der Waals surface area contributed by atoms with Gasteiger partial charge in [-0.25, -0.2) is 9.59 Å². The maximum Gasteiger partial charge on any atom is 0.336 e. The first-order valence-corrected chi connectivity index (χ1v) is 14.3. The summed E-state index contributed by atoms with van der Waals surface area (Å²) < 4.78 is 10.7. The van der Waals surface area contributed by atoms with Crippen molar-refractivity contribution in [1.29, 1.82) is 0 Å². The van der Waals surface area contributed by atoms with Gasteiger partial charge in [-0.2, -0.15) is 0 Å². The number of aliphatic carboxylic acids is 2. The Morgan fingerprint density at radius 3 is 2.10 bits per heavy atom. The molecule has 8 nitrogen and oxygen atoms in total. The second kappa shape index (κ2) is 17.1. The van der Waals surface area contributed by atoms with Gasteiger partial charge in [-0.05, 0) is 67.3 Å². The van der Waals surface area contributed by atoms with Crippen molar-refractivity contribution in [3.05, 3.63) is 83.4 Å². The molecule has 41 heavy (non-hydrogen) atoms. The molecule has 3 aromatic carbocycles. The smallest absolute Gasteiger partial charge is 0.336 e. The predicted molar refractivity (Wildman–Crippen MR) is 158 cm³/mol. The van der Waals surface area contributed by atoms with Crippen molar-refractivity contribution < 1.29 is 34.1 Å². The number of benzene rings is 3. The molecule has 2 atom stereocenters. The second-order valence-electron chi connectivity index (χ2n) is 10.3. The Kier molecular flexibility index (Phi) is 13.3. The zero-order valence-electron chi connectivity index (χ0n) is 23.7. The van der Waals surface area contributed by atoms with Crippen molar-refractivity contribution >= 4 is 28.6 Å². The van der Waals surface area contributed by atoms with Crippen LogP contribution in [0.4, 0.5) is 0 Å². The summed E-state index contributed by atoms with van der Waals surface area (Å²) in [6, 6.07) is 23.1. The molecule has 0 bridgehead atoms. The number of amides is 1. The fourth-order valence-electron chi connectivity index (χ4n) is 4.66. The molecule has 3 aromatic rings. The van der Waals surface area contributed by atoms with Crippen molar-refractivity contribution in [3.63, 3.8) is 0 Å². The number of unbranched alkanes of at least 4 members (excludes halogenated alkanes) is 4. The van der Waals surface area contributed by atoms with Gasteiger partial charge in [0, 0.05) is 13.2 Å². The number of hydrogen-bond acceptors (Lipinski definition) is 5. The van der Waals surface area contributed by atoms with Crippen LogP contribution >= 0.6 is 0 Å². The molecule has 1 amide bonds. The van der Waals surface area contributed by atoms with Crippen LogP contribution in [0, 0.1) is 6.92 Å². The summed E-state index contributed by atoms with van der Waals surface area (Å²) in [7, 11) is 0. The molecule has 0 saturated heterocycles. The largest absolute Gasteiger partial charge is 0.480 e. The van der Waals surface area contributed by atoms with E-state index in [1.807, 2.05) is 12.1 Å². The van der Waals surface area contributed by atoms with E-state index in [1.54, 1.807) is 0 Å². The molecule has 0 radical (unpaired) electrons. The summed E-state index contributed by atoms with van der Waals surface area (Å²) in [6.45, 7) is 1.74. The van der Waals surface area contributed by atoms with Gasteiger partial charge in [0.15, 0.2) is 12.2 Å². The Morgan fingerprint density at radius 2 is 1.39 bits per heavy atom. The zero-order chi connectivity index (χ0) is 29.5. The topological polar surface area (TPSA) is 122 Å². The summed E-state index contributed by atoms with van der Waals surface area (Å²) in [5.41, 5.74) is 3.74. The summed E-state index contributed by atoms with van der Waals surface area (Å²) in [5, 5.41) is 23.7. The number of fused-ring (bicyclic) bond motifs is 1. The minimum absolute atomic E-state index is 0.159. The molecule has 0 saturated carbocycles. The number of nitrogens with one attached hydrogen (secondary N) is 1. The molecule has 3 N–H and O–H groups in total. The molecule has 0 aliphatic carbocycles. The highest BCUT2D eigenvalue weighted by molar-refractivity contribution is 5.88. The lowest BCUT2D eigenvalue weighted by Crippen LogP contribution is -2.49. The molecule has 8 heteroatoms. The maximum absolute atomic E-state index is 12.9. The van der Waals surface area contributed by atoms with E-state index < -0.39 is 36.7 Å². The average Bonchev–Trinajstić information content (AvgIpc) is 2.96. The van der Waals surface area contributed by atoms with Gasteiger partial charge in [0.2, 0.25) is 0 Å². The Hall–Kier alpha value is -3.75. The zero-order valence-corrected chi connectivity index (χ0v) is 23.7. The number of ether oxygens (including phenoxy) is 2. The molecule has 0 spiro atoms. The average molecular weight is 564 g/mol. The number of aryl methyl sites for hydroxylation is 3.